The first-order chi connectivity index (χ1) is 4.38. The van der Waals surface area contributed by atoms with E-state index < -0.39 is 17.5 Å². The summed E-state index contributed by atoms with van der Waals surface area (Å²) in [7, 11) is 0. The lowest BCUT2D eigenvalue weighted by atomic mass is 9.94. The Kier molecular flexibility index (Phi) is 1.52. The van der Waals surface area contributed by atoms with Gasteiger partial charge in [0.15, 0.2) is 5.79 Å². The Morgan fingerprint density at radius 1 is 1.40 bits per heavy atom. The van der Waals surface area contributed by atoms with Crippen LogP contribution < -0.4 is 0 Å². The smallest absolute Gasteiger partial charge is 0.194 e. The van der Waals surface area contributed by atoms with Crippen LogP contribution in [0, 0.1) is 0 Å². The number of aliphatic hydroxyl groups is 3. The zero-order chi connectivity index (χ0) is 7.99. The fourth-order valence-electron chi connectivity index (χ4n) is 0.859. The molecule has 0 bridgehead atoms. The molecule has 1 heterocycles. The van der Waals surface area contributed by atoms with Gasteiger partial charge in [-0.05, 0) is 13.8 Å². The van der Waals surface area contributed by atoms with E-state index >= 15 is 0 Å². The highest BCUT2D eigenvalue weighted by Gasteiger charge is 2.54. The molecular weight excluding hydrogens is 136 g/mol. The Hall–Kier alpha value is -0.160. The van der Waals surface area contributed by atoms with Gasteiger partial charge in [0, 0.05) is 0 Å². The van der Waals surface area contributed by atoms with Gasteiger partial charge in [0.25, 0.3) is 0 Å². The number of rotatable bonds is 0. The Morgan fingerprint density at radius 3 is 2.00 bits per heavy atom. The second-order valence-corrected chi connectivity index (χ2v) is 2.96. The average molecular weight is 148 g/mol. The summed E-state index contributed by atoms with van der Waals surface area (Å²) in [4.78, 5) is 0. The molecule has 3 atom stereocenters. The fraction of sp³-hybridized carbons (Fsp3) is 1.00. The van der Waals surface area contributed by atoms with Crippen LogP contribution in [-0.4, -0.2) is 39.4 Å². The van der Waals surface area contributed by atoms with Crippen molar-refractivity contribution in [1.82, 2.24) is 0 Å². The lowest BCUT2D eigenvalue weighted by molar-refractivity contribution is -0.242. The van der Waals surface area contributed by atoms with Gasteiger partial charge in [-0.15, -0.1) is 0 Å². The lowest BCUT2D eigenvalue weighted by Gasteiger charge is -2.30. The summed E-state index contributed by atoms with van der Waals surface area (Å²) in [5.74, 6) is -1.63. The molecule has 3 unspecified atom stereocenters. The molecule has 1 aliphatic heterocycles. The standard InChI is InChI=1S/C6H12O4/c1-5(8)4(7)3-10-6(5,2)9/h4,7-9H,3H2,1-2H3. The molecule has 1 fully saturated rings. The first-order valence-electron chi connectivity index (χ1n) is 3.15. The van der Waals surface area contributed by atoms with E-state index in [0.29, 0.717) is 0 Å². The molecule has 0 aromatic heterocycles. The molecular formula is C6H12O4. The summed E-state index contributed by atoms with van der Waals surface area (Å²) in [6, 6.07) is 0. The van der Waals surface area contributed by atoms with Gasteiger partial charge in [0.2, 0.25) is 0 Å². The topological polar surface area (TPSA) is 69.9 Å². The first-order valence-corrected chi connectivity index (χ1v) is 3.15. The van der Waals surface area contributed by atoms with Crippen molar-refractivity contribution in [3.05, 3.63) is 0 Å². The minimum Gasteiger partial charge on any atom is -0.387 e. The Bertz CT molecular complexity index is 141. The van der Waals surface area contributed by atoms with Crippen molar-refractivity contribution in [3.63, 3.8) is 0 Å². The molecule has 1 aliphatic rings. The monoisotopic (exact) mass is 148 g/mol. The largest absolute Gasteiger partial charge is 0.387 e. The molecule has 4 heteroatoms. The molecule has 0 saturated carbocycles. The van der Waals surface area contributed by atoms with Crippen LogP contribution in [0.5, 0.6) is 0 Å². The van der Waals surface area contributed by atoms with Gasteiger partial charge in [-0.1, -0.05) is 0 Å². The van der Waals surface area contributed by atoms with E-state index in [4.69, 9.17) is 9.84 Å². The molecule has 10 heavy (non-hydrogen) atoms. The van der Waals surface area contributed by atoms with Gasteiger partial charge in [0.1, 0.15) is 11.7 Å². The van der Waals surface area contributed by atoms with Crippen LogP contribution in [0.15, 0.2) is 0 Å². The van der Waals surface area contributed by atoms with Crippen LogP contribution in [0.1, 0.15) is 13.8 Å². The Balaban J connectivity index is 2.84. The number of aliphatic hydroxyl groups excluding tert-OH is 1. The maximum Gasteiger partial charge on any atom is 0.194 e. The normalized spacial score (nSPS) is 55.5. The van der Waals surface area contributed by atoms with E-state index in [1.54, 1.807) is 0 Å². The summed E-state index contributed by atoms with van der Waals surface area (Å²) >= 11 is 0. The van der Waals surface area contributed by atoms with Crippen molar-refractivity contribution in [3.8, 4) is 0 Å². The second-order valence-electron chi connectivity index (χ2n) is 2.96. The van der Waals surface area contributed by atoms with Gasteiger partial charge in [0.05, 0.1) is 6.61 Å². The molecule has 3 N–H and O–H groups in total. The van der Waals surface area contributed by atoms with E-state index in [1.165, 1.54) is 13.8 Å². The summed E-state index contributed by atoms with van der Waals surface area (Å²) in [5.41, 5.74) is -1.56. The third kappa shape index (κ3) is 0.845. The summed E-state index contributed by atoms with van der Waals surface area (Å²) < 4.78 is 4.72. The SMILES string of the molecule is CC1(O)OCC(O)C1(C)O. The molecule has 4 nitrogen and oxygen atoms in total. The van der Waals surface area contributed by atoms with Crippen molar-refractivity contribution in [1.29, 1.82) is 0 Å². The van der Waals surface area contributed by atoms with Crippen LogP contribution in [-0.2, 0) is 4.74 Å². The third-order valence-corrected chi connectivity index (χ3v) is 2.11. The molecule has 60 valence electrons. The summed E-state index contributed by atoms with van der Waals surface area (Å²) in [5, 5.41) is 27.7. The van der Waals surface area contributed by atoms with Crippen molar-refractivity contribution >= 4 is 0 Å². The highest BCUT2D eigenvalue weighted by molar-refractivity contribution is 4.97. The maximum atomic E-state index is 9.37. The summed E-state index contributed by atoms with van der Waals surface area (Å²) in [6.07, 6.45) is -1.01. The quantitative estimate of drug-likeness (QED) is 0.405. The van der Waals surface area contributed by atoms with Crippen molar-refractivity contribution in [2.75, 3.05) is 6.61 Å². The van der Waals surface area contributed by atoms with Crippen LogP contribution >= 0.6 is 0 Å². The number of hydrogen-bond donors (Lipinski definition) is 3. The number of hydrogen-bond acceptors (Lipinski definition) is 4. The van der Waals surface area contributed by atoms with E-state index in [2.05, 4.69) is 0 Å². The molecule has 0 radical (unpaired) electrons. The Labute approximate surface area is 59.1 Å². The minimum atomic E-state index is -1.63. The first kappa shape index (κ1) is 7.94. The minimum absolute atomic E-state index is 0.0278. The van der Waals surface area contributed by atoms with Gasteiger partial charge in [-0.25, -0.2) is 0 Å². The molecule has 0 spiro atoms. The van der Waals surface area contributed by atoms with Gasteiger partial charge >= 0.3 is 0 Å². The van der Waals surface area contributed by atoms with E-state index in [-0.39, 0.29) is 6.61 Å². The van der Waals surface area contributed by atoms with Crippen molar-refractivity contribution < 1.29 is 20.1 Å². The molecule has 0 amide bonds. The highest BCUT2D eigenvalue weighted by Crippen LogP contribution is 2.33. The zero-order valence-corrected chi connectivity index (χ0v) is 6.03. The molecule has 0 aromatic carbocycles. The zero-order valence-electron chi connectivity index (χ0n) is 6.03. The van der Waals surface area contributed by atoms with Crippen molar-refractivity contribution in [2.45, 2.75) is 31.3 Å². The van der Waals surface area contributed by atoms with Crippen molar-refractivity contribution in [2.24, 2.45) is 0 Å². The Morgan fingerprint density at radius 2 is 1.90 bits per heavy atom. The molecule has 0 aliphatic carbocycles. The molecule has 1 rings (SSSR count). The molecule has 1 saturated heterocycles. The van der Waals surface area contributed by atoms with Crippen LogP contribution in [0.25, 0.3) is 0 Å². The third-order valence-electron chi connectivity index (χ3n) is 2.11. The van der Waals surface area contributed by atoms with Crippen LogP contribution in [0.2, 0.25) is 0 Å². The average Bonchev–Trinajstić information content (AvgIpc) is 1.94. The van der Waals surface area contributed by atoms with Gasteiger partial charge < -0.3 is 20.1 Å². The highest BCUT2D eigenvalue weighted by atomic mass is 16.7. The predicted octanol–water partition coefficient (Wildman–Crippen LogP) is -1.16. The second kappa shape index (κ2) is 1.92. The maximum absolute atomic E-state index is 9.37. The fourth-order valence-corrected chi connectivity index (χ4v) is 0.859. The van der Waals surface area contributed by atoms with Crippen LogP contribution in [0.4, 0.5) is 0 Å². The van der Waals surface area contributed by atoms with Gasteiger partial charge in [-0.2, -0.15) is 0 Å². The van der Waals surface area contributed by atoms with E-state index in [0.717, 1.165) is 0 Å². The number of ether oxygens (including phenoxy) is 1. The van der Waals surface area contributed by atoms with E-state index in [1.807, 2.05) is 0 Å². The molecule has 0 aromatic rings. The predicted molar refractivity (Wildman–Crippen MR) is 33.2 cm³/mol. The lowest BCUT2D eigenvalue weighted by Crippen LogP contribution is -2.51. The van der Waals surface area contributed by atoms with Gasteiger partial charge in [-0.3, -0.25) is 0 Å². The summed E-state index contributed by atoms with van der Waals surface area (Å²) in [6.45, 7) is 2.63. The van der Waals surface area contributed by atoms with Crippen LogP contribution in [0.3, 0.4) is 0 Å². The van der Waals surface area contributed by atoms with E-state index in [9.17, 15) is 10.2 Å².